The van der Waals surface area contributed by atoms with E-state index < -0.39 is 127 Å². The van der Waals surface area contributed by atoms with Crippen LogP contribution in [0.2, 0.25) is 0 Å². The highest BCUT2D eigenvalue weighted by molar-refractivity contribution is 6.30. The standard InChI is InChI=1S/C39H46N2O19/c1-14-26(43)18(40-21(42)8-9-38(2,3)41-37(54)60-35-32(49)30(47)31(48)33(59-35)34(50)51)11-22(57-14)58-20-13-39(55,36(52)53)12-15-10-17-25(28(45)23(15)20)29(46)24-16(27(17)44)6-5-7-19(24)56-4/h5-7,10,14,18,20,22,26,30-33,35,43,45,47-49,55H,8-9,11-13H2,1-4H3,(H,40,42)(H,41,54)(H,50,51)(H,52,53)/t14-,18-,20-,22-,26+,30-,31-,32+,33-,35-,39-/m0/s1. The van der Waals surface area contributed by atoms with Crippen molar-refractivity contribution in [1.29, 1.82) is 0 Å². The highest BCUT2D eigenvalue weighted by Crippen LogP contribution is 2.48. The number of carboxylic acid groups (broad SMARTS) is 2. The minimum atomic E-state index is -2.45. The number of aliphatic hydroxyl groups is 5. The number of aliphatic hydroxyl groups excluding tert-OH is 4. The first-order valence-electron chi connectivity index (χ1n) is 18.9. The fourth-order valence-corrected chi connectivity index (χ4v) is 7.92. The van der Waals surface area contributed by atoms with Crippen molar-refractivity contribution in [1.82, 2.24) is 10.6 Å². The quantitative estimate of drug-likeness (QED) is 0.112. The Balaban J connectivity index is 1.14. The average Bonchev–Trinajstić information content (AvgIpc) is 3.17. The first-order valence-corrected chi connectivity index (χ1v) is 18.9. The number of rotatable bonds is 11. The Kier molecular flexibility index (Phi) is 12.3. The Bertz CT molecular complexity index is 2090. The first kappa shape index (κ1) is 44.3. The van der Waals surface area contributed by atoms with Crippen LogP contribution in [-0.4, -0.2) is 150 Å². The number of carbonyl (C=O) groups is 6. The predicted octanol–water partition coefficient (Wildman–Crippen LogP) is -0.846. The van der Waals surface area contributed by atoms with Crippen molar-refractivity contribution in [2.45, 2.75) is 125 Å². The second-order valence-electron chi connectivity index (χ2n) is 15.9. The second-order valence-corrected chi connectivity index (χ2v) is 15.9. The van der Waals surface area contributed by atoms with Crippen LogP contribution in [0.25, 0.3) is 0 Å². The molecule has 60 heavy (non-hydrogen) atoms. The summed E-state index contributed by atoms with van der Waals surface area (Å²) in [6.07, 6.45) is -17.9. The number of carboxylic acids is 2. The topological polar surface area (TPSA) is 334 Å². The number of alkyl carbamates (subject to hydrolysis) is 1. The zero-order valence-corrected chi connectivity index (χ0v) is 32.7. The molecule has 0 spiro atoms. The average molecular weight is 847 g/mol. The van der Waals surface area contributed by atoms with Crippen molar-refractivity contribution in [2.24, 2.45) is 0 Å². The number of aromatic hydroxyl groups is 1. The number of methoxy groups -OCH3 is 1. The third-order valence-electron chi connectivity index (χ3n) is 11.2. The van der Waals surface area contributed by atoms with Crippen LogP contribution in [0, 0.1) is 0 Å². The van der Waals surface area contributed by atoms with Crippen LogP contribution < -0.4 is 15.4 Å². The second kappa shape index (κ2) is 16.7. The molecule has 0 unspecified atom stereocenters. The van der Waals surface area contributed by atoms with E-state index in [1.165, 1.54) is 52.1 Å². The highest BCUT2D eigenvalue weighted by Gasteiger charge is 2.51. The van der Waals surface area contributed by atoms with Crippen molar-refractivity contribution in [2.75, 3.05) is 7.11 Å². The van der Waals surface area contributed by atoms with Crippen molar-refractivity contribution in [3.05, 3.63) is 57.6 Å². The van der Waals surface area contributed by atoms with Gasteiger partial charge in [0, 0.05) is 47.9 Å². The molecule has 0 aromatic heterocycles. The van der Waals surface area contributed by atoms with E-state index in [-0.39, 0.29) is 58.4 Å². The van der Waals surface area contributed by atoms with Gasteiger partial charge in [0.1, 0.15) is 35.9 Å². The maximum absolute atomic E-state index is 13.9. The molecule has 0 radical (unpaired) electrons. The number of ether oxygens (including phenoxy) is 5. The number of amides is 2. The van der Waals surface area contributed by atoms with E-state index in [9.17, 15) is 69.6 Å². The van der Waals surface area contributed by atoms with Crippen LogP contribution in [0.3, 0.4) is 0 Å². The molecular weight excluding hydrogens is 800 g/mol. The number of ketones is 2. The fourth-order valence-electron chi connectivity index (χ4n) is 7.92. The summed E-state index contributed by atoms with van der Waals surface area (Å²) in [5.41, 5.74) is -4.30. The lowest BCUT2D eigenvalue weighted by Gasteiger charge is -2.42. The maximum Gasteiger partial charge on any atom is 0.409 e. The van der Waals surface area contributed by atoms with Crippen LogP contribution in [0.15, 0.2) is 24.3 Å². The molecule has 10 N–H and O–H groups in total. The molecule has 0 saturated carbocycles. The molecule has 2 heterocycles. The Labute approximate surface area is 340 Å². The van der Waals surface area contributed by atoms with Crippen LogP contribution in [0.5, 0.6) is 11.5 Å². The van der Waals surface area contributed by atoms with Gasteiger partial charge < -0.3 is 75.2 Å². The molecule has 4 aliphatic rings. The molecular formula is C39H46N2O19. The van der Waals surface area contributed by atoms with E-state index in [0.29, 0.717) is 0 Å². The van der Waals surface area contributed by atoms with Gasteiger partial charge in [-0.15, -0.1) is 0 Å². The summed E-state index contributed by atoms with van der Waals surface area (Å²) in [7, 11) is 1.31. The number of phenols is 1. The van der Waals surface area contributed by atoms with Crippen LogP contribution in [0.1, 0.15) is 95.5 Å². The Morgan fingerprint density at radius 3 is 2.30 bits per heavy atom. The predicted molar refractivity (Wildman–Crippen MR) is 197 cm³/mol. The van der Waals surface area contributed by atoms with Crippen LogP contribution in [0.4, 0.5) is 4.79 Å². The lowest BCUT2D eigenvalue weighted by atomic mass is 9.73. The molecule has 2 fully saturated rings. The number of hydrogen-bond donors (Lipinski definition) is 10. The van der Waals surface area contributed by atoms with E-state index in [1.807, 2.05) is 0 Å². The third kappa shape index (κ3) is 8.39. The van der Waals surface area contributed by atoms with Crippen LogP contribution >= 0.6 is 0 Å². The molecule has 2 aromatic rings. The molecule has 0 bridgehead atoms. The van der Waals surface area contributed by atoms with Crippen molar-refractivity contribution in [3.8, 4) is 11.5 Å². The molecule has 2 saturated heterocycles. The van der Waals surface area contributed by atoms with Crippen molar-refractivity contribution in [3.63, 3.8) is 0 Å². The molecule has 6 rings (SSSR count). The minimum Gasteiger partial charge on any atom is -0.507 e. The summed E-state index contributed by atoms with van der Waals surface area (Å²) in [4.78, 5) is 77.1. The molecule has 11 atom stereocenters. The summed E-state index contributed by atoms with van der Waals surface area (Å²) in [5, 5.41) is 88.3. The number of nitrogens with one attached hydrogen (secondary N) is 2. The molecule has 21 nitrogen and oxygen atoms in total. The van der Waals surface area contributed by atoms with Crippen LogP contribution in [-0.2, 0) is 39.8 Å². The van der Waals surface area contributed by atoms with Gasteiger partial charge in [-0.3, -0.25) is 14.4 Å². The van der Waals surface area contributed by atoms with Gasteiger partial charge >= 0.3 is 18.0 Å². The Morgan fingerprint density at radius 2 is 1.65 bits per heavy atom. The van der Waals surface area contributed by atoms with E-state index in [1.54, 1.807) is 0 Å². The van der Waals surface area contributed by atoms with E-state index in [4.69, 9.17) is 23.7 Å². The lowest BCUT2D eigenvalue weighted by Crippen LogP contribution is -2.61. The zero-order chi connectivity index (χ0) is 44.2. The fraction of sp³-hybridized carbons (Fsp3) is 0.538. The normalized spacial score (nSPS) is 31.2. The Morgan fingerprint density at radius 1 is 0.950 bits per heavy atom. The van der Waals surface area contributed by atoms with Gasteiger partial charge in [-0.05, 0) is 44.9 Å². The van der Waals surface area contributed by atoms with Crippen molar-refractivity contribution >= 4 is 35.5 Å². The Hall–Kier alpha value is -5.26. The molecule has 2 aliphatic carbocycles. The number of phenolic OH excluding ortho intramolecular Hbond substituents is 1. The van der Waals surface area contributed by atoms with Gasteiger partial charge in [-0.1, -0.05) is 12.1 Å². The van der Waals surface area contributed by atoms with E-state index in [2.05, 4.69) is 10.6 Å². The minimum absolute atomic E-state index is 0.00775. The lowest BCUT2D eigenvalue weighted by molar-refractivity contribution is -0.278. The van der Waals surface area contributed by atoms with Gasteiger partial charge in [0.2, 0.25) is 18.0 Å². The molecule has 2 aromatic carbocycles. The number of fused-ring (bicyclic) bond motifs is 3. The van der Waals surface area contributed by atoms with Gasteiger partial charge in [-0.25, -0.2) is 14.4 Å². The monoisotopic (exact) mass is 846 g/mol. The van der Waals surface area contributed by atoms with Gasteiger partial charge in [0.25, 0.3) is 0 Å². The van der Waals surface area contributed by atoms with Crippen molar-refractivity contribution < 1.29 is 93.3 Å². The first-order chi connectivity index (χ1) is 28.1. The highest BCUT2D eigenvalue weighted by atomic mass is 16.7. The number of carbonyl (C=O) groups excluding carboxylic acids is 4. The molecule has 326 valence electrons. The summed E-state index contributed by atoms with van der Waals surface area (Å²) in [6.45, 7) is 4.51. The van der Waals surface area contributed by atoms with Gasteiger partial charge in [0.05, 0.1) is 36.5 Å². The molecule has 2 aliphatic heterocycles. The number of aliphatic carboxylic acids is 2. The van der Waals surface area contributed by atoms with Gasteiger partial charge in [-0.2, -0.15) is 0 Å². The largest absolute Gasteiger partial charge is 0.507 e. The molecule has 2 amide bonds. The summed E-state index contributed by atoms with van der Waals surface area (Å²) in [6, 6.07) is 4.63. The van der Waals surface area contributed by atoms with E-state index in [0.717, 1.165) is 0 Å². The number of hydrogen-bond acceptors (Lipinski definition) is 17. The maximum atomic E-state index is 13.9. The summed E-state index contributed by atoms with van der Waals surface area (Å²) < 4.78 is 27.3. The summed E-state index contributed by atoms with van der Waals surface area (Å²) >= 11 is 0. The molecule has 21 heteroatoms. The third-order valence-corrected chi connectivity index (χ3v) is 11.2. The summed E-state index contributed by atoms with van der Waals surface area (Å²) in [5.74, 6) is -5.84. The zero-order valence-electron chi connectivity index (χ0n) is 32.7. The smallest absolute Gasteiger partial charge is 0.409 e. The SMILES string of the molecule is COc1cccc2c1C(=O)c1c(cc3c(c1O)[C@@H](O[C@H]1C[C@H](NC(=O)CCC(C)(C)NC(=O)O[C@@H]4O[C@H](C(=O)O)[C@@H](O)[C@H](O)[C@H]4O)[C@H](O)[C@H](C)O1)C[C@](O)(C(=O)O)C3)C2=O. The van der Waals surface area contributed by atoms with E-state index >= 15 is 0 Å². The van der Waals surface area contributed by atoms with Gasteiger partial charge in [0.15, 0.2) is 23.8 Å². The number of benzene rings is 2.